The zero-order chi connectivity index (χ0) is 15.4. The van der Waals surface area contributed by atoms with Crippen LogP contribution in [0.3, 0.4) is 0 Å². The molecule has 4 nitrogen and oxygen atoms in total. The number of hydrazine groups is 1. The fourth-order valence-corrected chi connectivity index (χ4v) is 1.91. The van der Waals surface area contributed by atoms with Crippen molar-refractivity contribution in [3.8, 4) is 0 Å². The van der Waals surface area contributed by atoms with Crippen molar-refractivity contribution in [1.82, 2.24) is 5.01 Å². The van der Waals surface area contributed by atoms with E-state index in [1.54, 1.807) is 36.4 Å². The minimum absolute atomic E-state index is 0.403. The predicted octanol–water partition coefficient (Wildman–Crippen LogP) is 2.67. The molecule has 4 heteroatoms. The summed E-state index contributed by atoms with van der Waals surface area (Å²) in [5, 5.41) is 3.86. The Hall–Kier alpha value is -2.46. The van der Waals surface area contributed by atoms with Gasteiger partial charge in [0, 0.05) is 32.3 Å². The summed E-state index contributed by atoms with van der Waals surface area (Å²) in [6, 6.07) is 15.6. The van der Waals surface area contributed by atoms with Gasteiger partial charge >= 0.3 is 0 Å². The molecule has 108 valence electrons. The minimum Gasteiger partial charge on any atom is -0.309 e. The standard InChI is InChI=1S/C17H18N2O2/c1-18(2)19(3)15-11-9-14(10-12-15)17(21)16(20)13-7-5-4-6-8-13/h4-12H,1-3H3. The first-order chi connectivity index (χ1) is 10.0. The molecule has 0 unspecified atom stereocenters. The van der Waals surface area contributed by atoms with E-state index in [1.807, 2.05) is 49.4 Å². The highest BCUT2D eigenvalue weighted by Gasteiger charge is 2.18. The third kappa shape index (κ3) is 3.35. The van der Waals surface area contributed by atoms with Crippen molar-refractivity contribution >= 4 is 17.3 Å². The number of carbonyl (C=O) groups excluding carboxylic acids is 2. The molecule has 0 amide bonds. The lowest BCUT2D eigenvalue weighted by molar-refractivity contribution is 0.0817. The van der Waals surface area contributed by atoms with Crippen LogP contribution in [0.15, 0.2) is 54.6 Å². The van der Waals surface area contributed by atoms with E-state index < -0.39 is 11.6 Å². The van der Waals surface area contributed by atoms with Gasteiger partial charge in [0.1, 0.15) is 0 Å². The molecule has 0 saturated carbocycles. The number of hydrogen-bond acceptors (Lipinski definition) is 4. The summed E-state index contributed by atoms with van der Waals surface area (Å²) in [6.45, 7) is 0. The van der Waals surface area contributed by atoms with Crippen LogP contribution in [0.2, 0.25) is 0 Å². The topological polar surface area (TPSA) is 40.6 Å². The van der Waals surface area contributed by atoms with Gasteiger partial charge in [-0.15, -0.1) is 0 Å². The van der Waals surface area contributed by atoms with E-state index in [-0.39, 0.29) is 0 Å². The van der Waals surface area contributed by atoms with E-state index in [0.717, 1.165) is 5.69 Å². The minimum atomic E-state index is -0.486. The molecular formula is C17H18N2O2. The average Bonchev–Trinajstić information content (AvgIpc) is 2.53. The second-order valence-electron chi connectivity index (χ2n) is 4.94. The highest BCUT2D eigenvalue weighted by atomic mass is 16.2. The largest absolute Gasteiger partial charge is 0.309 e. The molecule has 0 aromatic heterocycles. The van der Waals surface area contributed by atoms with Gasteiger partial charge in [0.2, 0.25) is 11.6 Å². The molecular weight excluding hydrogens is 264 g/mol. The summed E-state index contributed by atoms with van der Waals surface area (Å²) < 4.78 is 0. The van der Waals surface area contributed by atoms with Gasteiger partial charge in [-0.05, 0) is 24.3 Å². The van der Waals surface area contributed by atoms with Crippen molar-refractivity contribution in [2.75, 3.05) is 26.2 Å². The molecule has 0 radical (unpaired) electrons. The Kier molecular flexibility index (Phi) is 4.50. The molecule has 0 saturated heterocycles. The molecule has 0 fully saturated rings. The lowest BCUT2D eigenvalue weighted by Crippen LogP contribution is -2.32. The van der Waals surface area contributed by atoms with Gasteiger partial charge in [-0.25, -0.2) is 5.01 Å². The SMILES string of the molecule is CN(C)N(C)c1ccc(C(=O)C(=O)c2ccccc2)cc1. The average molecular weight is 282 g/mol. The first-order valence-corrected chi connectivity index (χ1v) is 6.66. The van der Waals surface area contributed by atoms with E-state index in [1.165, 1.54) is 0 Å². The van der Waals surface area contributed by atoms with E-state index >= 15 is 0 Å². The third-order valence-corrected chi connectivity index (χ3v) is 3.35. The molecule has 0 spiro atoms. The Bertz CT molecular complexity index is 634. The Morgan fingerprint density at radius 2 is 1.19 bits per heavy atom. The maximum absolute atomic E-state index is 12.2. The Morgan fingerprint density at radius 3 is 1.67 bits per heavy atom. The normalized spacial score (nSPS) is 10.5. The highest BCUT2D eigenvalue weighted by molar-refractivity contribution is 6.49. The molecule has 0 N–H and O–H groups in total. The van der Waals surface area contributed by atoms with Crippen LogP contribution >= 0.6 is 0 Å². The van der Waals surface area contributed by atoms with Gasteiger partial charge in [0.25, 0.3) is 0 Å². The Morgan fingerprint density at radius 1 is 0.714 bits per heavy atom. The number of ketones is 2. The van der Waals surface area contributed by atoms with Crippen molar-refractivity contribution in [2.24, 2.45) is 0 Å². The Balaban J connectivity index is 2.19. The molecule has 0 aliphatic heterocycles. The summed E-state index contributed by atoms with van der Waals surface area (Å²) >= 11 is 0. The van der Waals surface area contributed by atoms with Crippen LogP contribution in [0.25, 0.3) is 0 Å². The van der Waals surface area contributed by atoms with Crippen molar-refractivity contribution in [2.45, 2.75) is 0 Å². The van der Waals surface area contributed by atoms with Gasteiger partial charge in [0.05, 0.1) is 5.69 Å². The van der Waals surface area contributed by atoms with Gasteiger partial charge in [0.15, 0.2) is 0 Å². The molecule has 0 bridgehead atoms. The number of benzene rings is 2. The van der Waals surface area contributed by atoms with E-state index in [2.05, 4.69) is 0 Å². The Labute approximate surface area is 124 Å². The maximum atomic E-state index is 12.2. The third-order valence-electron chi connectivity index (χ3n) is 3.35. The summed E-state index contributed by atoms with van der Waals surface area (Å²) in [5.41, 5.74) is 1.76. The summed E-state index contributed by atoms with van der Waals surface area (Å²) in [6.07, 6.45) is 0. The number of anilines is 1. The van der Waals surface area contributed by atoms with E-state index in [9.17, 15) is 9.59 Å². The second-order valence-corrected chi connectivity index (χ2v) is 4.94. The van der Waals surface area contributed by atoms with Crippen LogP contribution in [0.1, 0.15) is 20.7 Å². The summed E-state index contributed by atoms with van der Waals surface area (Å²) in [7, 11) is 5.78. The second kappa shape index (κ2) is 6.33. The fraction of sp³-hybridized carbons (Fsp3) is 0.176. The number of carbonyl (C=O) groups is 2. The van der Waals surface area contributed by atoms with Gasteiger partial charge in [-0.2, -0.15) is 0 Å². The molecule has 0 aliphatic carbocycles. The zero-order valence-corrected chi connectivity index (χ0v) is 12.4. The molecule has 2 rings (SSSR count). The molecule has 2 aromatic rings. The molecule has 2 aromatic carbocycles. The van der Waals surface area contributed by atoms with Crippen molar-refractivity contribution in [3.63, 3.8) is 0 Å². The fourth-order valence-electron chi connectivity index (χ4n) is 1.91. The summed E-state index contributed by atoms with van der Waals surface area (Å²) in [4.78, 5) is 24.3. The molecule has 21 heavy (non-hydrogen) atoms. The quantitative estimate of drug-likeness (QED) is 0.480. The molecule has 0 atom stereocenters. The smallest absolute Gasteiger partial charge is 0.233 e. The van der Waals surface area contributed by atoms with E-state index in [4.69, 9.17) is 0 Å². The van der Waals surface area contributed by atoms with Gasteiger partial charge < -0.3 is 5.01 Å². The van der Waals surface area contributed by atoms with Crippen LogP contribution < -0.4 is 5.01 Å². The lowest BCUT2D eigenvalue weighted by Gasteiger charge is -2.26. The monoisotopic (exact) mass is 282 g/mol. The number of Topliss-reactive ketones (excluding diaryl/α,β-unsaturated/α-hetero) is 2. The van der Waals surface area contributed by atoms with Crippen molar-refractivity contribution in [1.29, 1.82) is 0 Å². The van der Waals surface area contributed by atoms with Crippen LogP contribution in [0, 0.1) is 0 Å². The molecule has 0 aliphatic rings. The molecule has 0 heterocycles. The van der Waals surface area contributed by atoms with Crippen LogP contribution in [0.5, 0.6) is 0 Å². The number of hydrogen-bond donors (Lipinski definition) is 0. The number of nitrogens with zero attached hydrogens (tertiary/aromatic N) is 2. The highest BCUT2D eigenvalue weighted by Crippen LogP contribution is 2.16. The van der Waals surface area contributed by atoms with Crippen LogP contribution in [-0.4, -0.2) is 37.7 Å². The predicted molar refractivity (Wildman–Crippen MR) is 83.6 cm³/mol. The van der Waals surface area contributed by atoms with Crippen molar-refractivity contribution in [3.05, 3.63) is 65.7 Å². The lowest BCUT2D eigenvalue weighted by atomic mass is 10.0. The summed E-state index contributed by atoms with van der Waals surface area (Å²) in [5.74, 6) is -0.968. The first-order valence-electron chi connectivity index (χ1n) is 6.66. The van der Waals surface area contributed by atoms with Crippen molar-refractivity contribution < 1.29 is 9.59 Å². The number of rotatable bonds is 5. The van der Waals surface area contributed by atoms with Gasteiger partial charge in [-0.3, -0.25) is 9.59 Å². The maximum Gasteiger partial charge on any atom is 0.233 e. The van der Waals surface area contributed by atoms with E-state index in [0.29, 0.717) is 11.1 Å². The van der Waals surface area contributed by atoms with Crippen LogP contribution in [0.4, 0.5) is 5.69 Å². The van der Waals surface area contributed by atoms with Crippen LogP contribution in [-0.2, 0) is 0 Å². The van der Waals surface area contributed by atoms with Gasteiger partial charge in [-0.1, -0.05) is 30.3 Å². The first kappa shape index (κ1) is 14.9. The zero-order valence-electron chi connectivity index (χ0n) is 12.4.